The van der Waals surface area contributed by atoms with Crippen LogP contribution in [0.2, 0.25) is 0 Å². The molecule has 1 N–H and O–H groups in total. The van der Waals surface area contributed by atoms with E-state index in [2.05, 4.69) is 5.32 Å². The van der Waals surface area contributed by atoms with Gasteiger partial charge in [0.15, 0.2) is 5.58 Å². The van der Waals surface area contributed by atoms with E-state index in [1.54, 1.807) is 17.0 Å². The Morgan fingerprint density at radius 1 is 1.03 bits per heavy atom. The summed E-state index contributed by atoms with van der Waals surface area (Å²) in [4.78, 5) is 19.5. The highest BCUT2D eigenvalue weighted by molar-refractivity contribution is 5.90. The van der Waals surface area contributed by atoms with Gasteiger partial charge in [0.05, 0.1) is 0 Å². The molecule has 1 atom stereocenters. The Labute approximate surface area is 185 Å². The molecule has 1 aliphatic heterocycles. The molecule has 1 aromatic heterocycles. The molecule has 162 valence electrons. The Morgan fingerprint density at radius 3 is 2.59 bits per heavy atom. The maximum absolute atomic E-state index is 13.2. The molecule has 0 saturated carbocycles. The molecule has 0 aliphatic carbocycles. The Morgan fingerprint density at radius 2 is 1.81 bits per heavy atom. The number of rotatable bonds is 3. The average molecular weight is 429 g/mol. The van der Waals surface area contributed by atoms with Crippen LogP contribution in [0.1, 0.15) is 35.9 Å². The highest BCUT2D eigenvalue weighted by Crippen LogP contribution is 2.35. The summed E-state index contributed by atoms with van der Waals surface area (Å²) in [6.07, 6.45) is 1.70. The monoisotopic (exact) mass is 429 g/mol. The number of nitrogens with zero attached hydrogens (tertiary/aromatic N) is 2. The molecule has 2 amide bonds. The van der Waals surface area contributed by atoms with Gasteiger partial charge in [0.1, 0.15) is 17.4 Å². The van der Waals surface area contributed by atoms with Crippen LogP contribution in [0.3, 0.4) is 0 Å². The van der Waals surface area contributed by atoms with E-state index in [0.717, 1.165) is 40.7 Å². The first-order valence-corrected chi connectivity index (χ1v) is 10.8. The van der Waals surface area contributed by atoms with Crippen molar-refractivity contribution in [2.45, 2.75) is 32.7 Å². The van der Waals surface area contributed by atoms with Crippen LogP contribution >= 0.6 is 0 Å². The standard InChI is InChI=1S/C26H24FN3O2/c1-16-5-11-21(14-17(16)2)28-26(31)30-13-3-4-23(30)25-29-22-15-19(8-12-24(22)32-25)18-6-9-20(27)10-7-18/h5-12,14-15,23H,3-4,13H2,1-2H3,(H,28,31)/t23-/m0/s1. The van der Waals surface area contributed by atoms with E-state index < -0.39 is 0 Å². The summed E-state index contributed by atoms with van der Waals surface area (Å²) in [6, 6.07) is 17.7. The number of amides is 2. The van der Waals surface area contributed by atoms with Crippen molar-refractivity contribution in [1.29, 1.82) is 0 Å². The molecular formula is C26H24FN3O2. The molecule has 5 nitrogen and oxygen atoms in total. The number of urea groups is 1. The third kappa shape index (κ3) is 3.84. The van der Waals surface area contributed by atoms with E-state index in [9.17, 15) is 9.18 Å². The number of carbonyl (C=O) groups excluding carboxylic acids is 1. The molecule has 2 heterocycles. The van der Waals surface area contributed by atoms with Gasteiger partial charge in [-0.25, -0.2) is 14.2 Å². The largest absolute Gasteiger partial charge is 0.438 e. The van der Waals surface area contributed by atoms with Crippen molar-refractivity contribution in [2.24, 2.45) is 0 Å². The quantitative estimate of drug-likeness (QED) is 0.398. The molecule has 4 aromatic rings. The number of oxazole rings is 1. The number of nitrogens with one attached hydrogen (secondary N) is 1. The van der Waals surface area contributed by atoms with Crippen molar-refractivity contribution in [1.82, 2.24) is 9.88 Å². The summed E-state index contributed by atoms with van der Waals surface area (Å²) in [5.41, 5.74) is 6.35. The fourth-order valence-corrected chi connectivity index (χ4v) is 4.19. The number of aromatic nitrogens is 1. The van der Waals surface area contributed by atoms with Gasteiger partial charge >= 0.3 is 6.03 Å². The van der Waals surface area contributed by atoms with Gasteiger partial charge in [-0.3, -0.25) is 0 Å². The van der Waals surface area contributed by atoms with Crippen molar-refractivity contribution in [2.75, 3.05) is 11.9 Å². The van der Waals surface area contributed by atoms with Gasteiger partial charge < -0.3 is 14.6 Å². The number of likely N-dealkylation sites (tertiary alicyclic amines) is 1. The molecule has 0 radical (unpaired) electrons. The average Bonchev–Trinajstić information content (AvgIpc) is 3.43. The molecule has 1 fully saturated rings. The highest BCUT2D eigenvalue weighted by Gasteiger charge is 2.33. The number of benzene rings is 3. The summed E-state index contributed by atoms with van der Waals surface area (Å²) in [7, 11) is 0. The van der Waals surface area contributed by atoms with Crippen LogP contribution in [0.5, 0.6) is 0 Å². The Hall–Kier alpha value is -3.67. The predicted molar refractivity (Wildman–Crippen MR) is 123 cm³/mol. The molecule has 32 heavy (non-hydrogen) atoms. The third-order valence-corrected chi connectivity index (χ3v) is 6.14. The first kappa shape index (κ1) is 20.2. The lowest BCUT2D eigenvalue weighted by molar-refractivity contribution is 0.199. The number of aryl methyl sites for hydroxylation is 2. The summed E-state index contributed by atoms with van der Waals surface area (Å²) in [5, 5.41) is 3.01. The van der Waals surface area contributed by atoms with Crippen LogP contribution in [0.25, 0.3) is 22.2 Å². The van der Waals surface area contributed by atoms with Gasteiger partial charge in [-0.05, 0) is 85.3 Å². The molecule has 3 aromatic carbocycles. The third-order valence-electron chi connectivity index (χ3n) is 6.14. The number of halogens is 1. The first-order chi connectivity index (χ1) is 15.5. The SMILES string of the molecule is Cc1ccc(NC(=O)N2CCC[C@H]2c2nc3cc(-c4ccc(F)cc4)ccc3o2)cc1C. The normalized spacial score (nSPS) is 16.0. The van der Waals surface area contributed by atoms with E-state index >= 15 is 0 Å². The highest BCUT2D eigenvalue weighted by atomic mass is 19.1. The van der Waals surface area contributed by atoms with Crippen molar-refractivity contribution in [3.63, 3.8) is 0 Å². The van der Waals surface area contributed by atoms with Crippen LogP contribution in [0, 0.1) is 19.7 Å². The summed E-state index contributed by atoms with van der Waals surface area (Å²) in [5.74, 6) is 0.281. The van der Waals surface area contributed by atoms with Crippen LogP contribution in [-0.4, -0.2) is 22.5 Å². The van der Waals surface area contributed by atoms with Gasteiger partial charge in [0, 0.05) is 12.2 Å². The van der Waals surface area contributed by atoms with Crippen LogP contribution < -0.4 is 5.32 Å². The lowest BCUT2D eigenvalue weighted by Crippen LogP contribution is -2.34. The van der Waals surface area contributed by atoms with Gasteiger partial charge in [0.25, 0.3) is 0 Å². The number of anilines is 1. The van der Waals surface area contributed by atoms with Crippen LogP contribution in [-0.2, 0) is 0 Å². The second-order valence-electron chi connectivity index (χ2n) is 8.32. The van der Waals surface area contributed by atoms with Gasteiger partial charge in [-0.15, -0.1) is 0 Å². The van der Waals surface area contributed by atoms with E-state index in [1.807, 2.05) is 50.2 Å². The van der Waals surface area contributed by atoms with Crippen molar-refractivity contribution < 1.29 is 13.6 Å². The molecule has 0 unspecified atom stereocenters. The van der Waals surface area contributed by atoms with Gasteiger partial charge in [-0.1, -0.05) is 24.3 Å². The fourth-order valence-electron chi connectivity index (χ4n) is 4.19. The lowest BCUT2D eigenvalue weighted by Gasteiger charge is -2.22. The molecule has 5 rings (SSSR count). The Bertz CT molecular complexity index is 1300. The molecule has 6 heteroatoms. The maximum Gasteiger partial charge on any atom is 0.322 e. The Balaban J connectivity index is 1.39. The zero-order valence-electron chi connectivity index (χ0n) is 18.1. The zero-order valence-corrected chi connectivity index (χ0v) is 18.1. The summed E-state index contributed by atoms with van der Waals surface area (Å²) < 4.78 is 19.3. The second kappa shape index (κ2) is 8.11. The number of carbonyl (C=O) groups is 1. The van der Waals surface area contributed by atoms with Crippen molar-refractivity contribution >= 4 is 22.8 Å². The number of hydrogen-bond acceptors (Lipinski definition) is 3. The number of fused-ring (bicyclic) bond motifs is 1. The van der Waals surface area contributed by atoms with Crippen molar-refractivity contribution in [3.05, 3.63) is 83.5 Å². The molecule has 0 bridgehead atoms. The minimum Gasteiger partial charge on any atom is -0.438 e. The minimum absolute atomic E-state index is 0.148. The van der Waals surface area contributed by atoms with E-state index in [0.29, 0.717) is 18.0 Å². The Kier molecular flexibility index (Phi) is 5.13. The van der Waals surface area contributed by atoms with E-state index in [-0.39, 0.29) is 17.9 Å². The van der Waals surface area contributed by atoms with Crippen LogP contribution in [0.15, 0.2) is 65.1 Å². The molecule has 1 saturated heterocycles. The summed E-state index contributed by atoms with van der Waals surface area (Å²) in [6.45, 7) is 4.73. The predicted octanol–water partition coefficient (Wildman–Crippen LogP) is 6.62. The molecule has 0 spiro atoms. The zero-order chi connectivity index (χ0) is 22.2. The minimum atomic E-state index is -0.265. The molecular weight excluding hydrogens is 405 g/mol. The maximum atomic E-state index is 13.2. The lowest BCUT2D eigenvalue weighted by atomic mass is 10.1. The van der Waals surface area contributed by atoms with E-state index in [4.69, 9.17) is 9.40 Å². The summed E-state index contributed by atoms with van der Waals surface area (Å²) >= 11 is 0. The van der Waals surface area contributed by atoms with Gasteiger partial charge in [0.2, 0.25) is 5.89 Å². The molecule has 1 aliphatic rings. The van der Waals surface area contributed by atoms with Crippen LogP contribution in [0.4, 0.5) is 14.9 Å². The first-order valence-electron chi connectivity index (χ1n) is 10.8. The topological polar surface area (TPSA) is 58.4 Å². The number of hydrogen-bond donors (Lipinski definition) is 1. The van der Waals surface area contributed by atoms with E-state index in [1.165, 1.54) is 17.7 Å². The second-order valence-corrected chi connectivity index (χ2v) is 8.32. The van der Waals surface area contributed by atoms with Crippen molar-refractivity contribution in [3.8, 4) is 11.1 Å². The smallest absolute Gasteiger partial charge is 0.322 e. The van der Waals surface area contributed by atoms with Gasteiger partial charge in [-0.2, -0.15) is 0 Å². The fraction of sp³-hybridized carbons (Fsp3) is 0.231.